The van der Waals surface area contributed by atoms with Gasteiger partial charge in [-0.05, 0) is 19.1 Å². The van der Waals surface area contributed by atoms with Gasteiger partial charge in [0.15, 0.2) is 12.3 Å². The van der Waals surface area contributed by atoms with Crippen LogP contribution < -0.4 is 17.0 Å². The summed E-state index contributed by atoms with van der Waals surface area (Å²) >= 11 is 0. The second-order valence-electron chi connectivity index (χ2n) is 3.73. The molecule has 0 spiro atoms. The van der Waals surface area contributed by atoms with Crippen LogP contribution in [-0.2, 0) is 6.54 Å². The minimum Gasteiger partial charge on any atom is -1.00 e. The predicted molar refractivity (Wildman–Crippen MR) is 54.6 cm³/mol. The van der Waals surface area contributed by atoms with E-state index in [0.717, 1.165) is 19.5 Å². The second kappa shape index (κ2) is 4.30. The second-order valence-corrected chi connectivity index (χ2v) is 3.73. The number of halogens is 1. The SMILES string of the molecule is CCC1=[N+](C)CCn2c(C)ccc21.[Br-]. The number of hydrogen-bond acceptors (Lipinski definition) is 0. The molecule has 1 aromatic rings. The average Bonchev–Trinajstić information content (AvgIpc) is 2.48. The van der Waals surface area contributed by atoms with Crippen molar-refractivity contribution in [1.82, 2.24) is 4.57 Å². The summed E-state index contributed by atoms with van der Waals surface area (Å²) in [5.74, 6) is 0. The molecule has 0 aliphatic carbocycles. The zero-order valence-corrected chi connectivity index (χ0v) is 10.6. The maximum atomic E-state index is 2.42. The molecule has 3 heteroatoms. The van der Waals surface area contributed by atoms with Gasteiger partial charge in [0.25, 0.3) is 0 Å². The van der Waals surface area contributed by atoms with E-state index >= 15 is 0 Å². The largest absolute Gasteiger partial charge is 1.00 e. The van der Waals surface area contributed by atoms with Gasteiger partial charge in [0.05, 0.1) is 6.54 Å². The highest BCUT2D eigenvalue weighted by Crippen LogP contribution is 2.14. The van der Waals surface area contributed by atoms with Crippen LogP contribution in [0.5, 0.6) is 0 Å². The summed E-state index contributed by atoms with van der Waals surface area (Å²) in [5, 5.41) is 0. The molecule has 1 aliphatic heterocycles. The van der Waals surface area contributed by atoms with Gasteiger partial charge in [0.1, 0.15) is 12.7 Å². The van der Waals surface area contributed by atoms with Gasteiger partial charge in [-0.25, -0.2) is 4.58 Å². The van der Waals surface area contributed by atoms with E-state index in [1.54, 1.807) is 0 Å². The normalized spacial score (nSPS) is 15.1. The average molecular weight is 257 g/mol. The molecule has 0 atom stereocenters. The topological polar surface area (TPSA) is 7.94 Å². The zero-order chi connectivity index (χ0) is 9.42. The van der Waals surface area contributed by atoms with Gasteiger partial charge in [-0.2, -0.15) is 0 Å². The third-order valence-electron chi connectivity index (χ3n) is 2.95. The number of aryl methyl sites for hydroxylation is 1. The highest BCUT2D eigenvalue weighted by atomic mass is 79.9. The summed E-state index contributed by atoms with van der Waals surface area (Å²) in [4.78, 5) is 0. The Balaban J connectivity index is 0.000000980. The summed E-state index contributed by atoms with van der Waals surface area (Å²) in [6.07, 6.45) is 1.12. The number of rotatable bonds is 1. The Kier molecular flexibility index (Phi) is 3.53. The van der Waals surface area contributed by atoms with Crippen LogP contribution in [0, 0.1) is 6.92 Å². The van der Waals surface area contributed by atoms with Crippen molar-refractivity contribution >= 4 is 5.71 Å². The Morgan fingerprint density at radius 3 is 2.79 bits per heavy atom. The third-order valence-corrected chi connectivity index (χ3v) is 2.95. The number of fused-ring (bicyclic) bond motifs is 1. The van der Waals surface area contributed by atoms with E-state index in [-0.39, 0.29) is 17.0 Å². The van der Waals surface area contributed by atoms with Crippen LogP contribution in [0.4, 0.5) is 0 Å². The molecule has 0 aromatic carbocycles. The number of nitrogens with zero attached hydrogens (tertiary/aromatic N) is 2. The third kappa shape index (κ3) is 1.65. The molecule has 2 heterocycles. The molecule has 0 amide bonds. The standard InChI is InChI=1S/C11H17N2.BrH/c1-4-10-11-6-5-9(2)13(11)8-7-12(10)3;/h5-6H,4,7-8H2,1-3H3;1H/q+1;/p-1. The molecule has 14 heavy (non-hydrogen) atoms. The highest BCUT2D eigenvalue weighted by Gasteiger charge is 2.21. The molecule has 0 bridgehead atoms. The number of likely N-dealkylation sites (N-methyl/N-ethyl adjacent to an activating group) is 1. The maximum absolute atomic E-state index is 2.42. The van der Waals surface area contributed by atoms with Gasteiger partial charge >= 0.3 is 0 Å². The molecule has 0 unspecified atom stereocenters. The van der Waals surface area contributed by atoms with E-state index in [4.69, 9.17) is 0 Å². The fourth-order valence-corrected chi connectivity index (χ4v) is 2.15. The lowest BCUT2D eigenvalue weighted by Crippen LogP contribution is -3.00. The van der Waals surface area contributed by atoms with E-state index in [1.165, 1.54) is 17.1 Å². The van der Waals surface area contributed by atoms with Crippen LogP contribution in [-0.4, -0.2) is 28.4 Å². The molecule has 1 aliphatic rings. The number of aromatic nitrogens is 1. The summed E-state index contributed by atoms with van der Waals surface area (Å²) < 4.78 is 4.79. The van der Waals surface area contributed by atoms with Crippen molar-refractivity contribution in [2.24, 2.45) is 0 Å². The van der Waals surface area contributed by atoms with Crippen LogP contribution >= 0.6 is 0 Å². The highest BCUT2D eigenvalue weighted by molar-refractivity contribution is 5.95. The molecular weight excluding hydrogens is 240 g/mol. The first-order chi connectivity index (χ1) is 6.24. The smallest absolute Gasteiger partial charge is 0.199 e. The molecule has 2 nitrogen and oxygen atoms in total. The number of hydrogen-bond donors (Lipinski definition) is 0. The quantitative estimate of drug-likeness (QED) is 0.550. The fraction of sp³-hybridized carbons (Fsp3) is 0.545. The van der Waals surface area contributed by atoms with Crippen LogP contribution in [0.15, 0.2) is 12.1 Å². The van der Waals surface area contributed by atoms with Crippen LogP contribution in [0.2, 0.25) is 0 Å². The van der Waals surface area contributed by atoms with E-state index < -0.39 is 0 Å². The van der Waals surface area contributed by atoms with Crippen LogP contribution in [0.3, 0.4) is 0 Å². The predicted octanol–water partition coefficient (Wildman–Crippen LogP) is -1.34. The molecule has 0 saturated heterocycles. The van der Waals surface area contributed by atoms with E-state index in [0.29, 0.717) is 0 Å². The van der Waals surface area contributed by atoms with Crippen molar-refractivity contribution in [3.05, 3.63) is 23.5 Å². The van der Waals surface area contributed by atoms with Gasteiger partial charge in [-0.15, -0.1) is 0 Å². The molecule has 1 aromatic heterocycles. The van der Waals surface area contributed by atoms with Gasteiger partial charge < -0.3 is 21.5 Å². The Morgan fingerprint density at radius 2 is 2.14 bits per heavy atom. The van der Waals surface area contributed by atoms with Gasteiger partial charge in [-0.1, -0.05) is 6.92 Å². The lowest BCUT2D eigenvalue weighted by atomic mass is 10.2. The van der Waals surface area contributed by atoms with Gasteiger partial charge in [0, 0.05) is 12.1 Å². The molecule has 0 saturated carbocycles. The lowest BCUT2D eigenvalue weighted by molar-refractivity contribution is -0.502. The zero-order valence-electron chi connectivity index (χ0n) is 9.05. The Labute approximate surface area is 96.0 Å². The van der Waals surface area contributed by atoms with Gasteiger partial charge in [0.2, 0.25) is 0 Å². The summed E-state index contributed by atoms with van der Waals surface area (Å²) in [6.45, 7) is 6.69. The molecule has 2 rings (SSSR count). The van der Waals surface area contributed by atoms with E-state index in [2.05, 4.69) is 42.2 Å². The minimum absolute atomic E-state index is 0. The van der Waals surface area contributed by atoms with E-state index in [9.17, 15) is 0 Å². The van der Waals surface area contributed by atoms with Crippen molar-refractivity contribution < 1.29 is 21.6 Å². The first kappa shape index (κ1) is 11.5. The Hall–Kier alpha value is -0.570. The molecular formula is C11H17BrN2. The van der Waals surface area contributed by atoms with Crippen molar-refractivity contribution in [2.45, 2.75) is 26.8 Å². The maximum Gasteiger partial charge on any atom is 0.199 e. The van der Waals surface area contributed by atoms with Crippen molar-refractivity contribution in [1.29, 1.82) is 0 Å². The van der Waals surface area contributed by atoms with Crippen molar-refractivity contribution in [2.75, 3.05) is 13.6 Å². The minimum atomic E-state index is 0. The molecule has 0 fully saturated rings. The van der Waals surface area contributed by atoms with Crippen LogP contribution in [0.25, 0.3) is 0 Å². The van der Waals surface area contributed by atoms with Gasteiger partial charge in [-0.3, -0.25) is 0 Å². The Morgan fingerprint density at radius 1 is 1.43 bits per heavy atom. The van der Waals surface area contributed by atoms with E-state index in [1.807, 2.05) is 0 Å². The van der Waals surface area contributed by atoms with Crippen LogP contribution in [0.1, 0.15) is 24.7 Å². The lowest BCUT2D eigenvalue weighted by Gasteiger charge is -2.16. The van der Waals surface area contributed by atoms with Crippen molar-refractivity contribution in [3.8, 4) is 0 Å². The first-order valence-corrected chi connectivity index (χ1v) is 4.97. The fourth-order valence-electron chi connectivity index (χ4n) is 2.15. The molecule has 0 radical (unpaired) electrons. The summed E-state index contributed by atoms with van der Waals surface area (Å²) in [7, 11) is 2.19. The van der Waals surface area contributed by atoms with Crippen molar-refractivity contribution in [3.63, 3.8) is 0 Å². The summed E-state index contributed by atoms with van der Waals surface area (Å²) in [6, 6.07) is 4.45. The summed E-state index contributed by atoms with van der Waals surface area (Å²) in [5.41, 5.74) is 4.27. The Bertz CT molecular complexity index is 363. The monoisotopic (exact) mass is 256 g/mol. The molecule has 0 N–H and O–H groups in total. The first-order valence-electron chi connectivity index (χ1n) is 4.97. The molecule has 78 valence electrons.